The number of aromatic nitrogens is 4. The molecule has 168 valence electrons. The zero-order chi connectivity index (χ0) is 21.7. The van der Waals surface area contributed by atoms with Gasteiger partial charge < -0.3 is 4.57 Å². The van der Waals surface area contributed by atoms with E-state index in [-0.39, 0.29) is 11.2 Å². The first-order valence-corrected chi connectivity index (χ1v) is 11.8. The molecule has 1 saturated heterocycles. The van der Waals surface area contributed by atoms with Gasteiger partial charge in [-0.1, -0.05) is 51.9 Å². The molecule has 0 N–H and O–H groups in total. The summed E-state index contributed by atoms with van der Waals surface area (Å²) < 4.78 is 4.82. The summed E-state index contributed by atoms with van der Waals surface area (Å²) in [5, 5.41) is 0. The van der Waals surface area contributed by atoms with Gasteiger partial charge in [0.1, 0.15) is 5.82 Å². The molecule has 7 heteroatoms. The Kier molecular flexibility index (Phi) is 7.92. The van der Waals surface area contributed by atoms with Crippen molar-refractivity contribution in [1.82, 2.24) is 23.6 Å². The van der Waals surface area contributed by atoms with Crippen molar-refractivity contribution in [3.8, 4) is 0 Å². The van der Waals surface area contributed by atoms with Crippen molar-refractivity contribution >= 4 is 11.2 Å². The van der Waals surface area contributed by atoms with Crippen LogP contribution in [-0.2, 0) is 27.2 Å². The molecule has 2 aromatic heterocycles. The smallest absolute Gasteiger partial charge is 0.321 e. The Morgan fingerprint density at radius 3 is 2.37 bits per heavy atom. The molecule has 0 aliphatic carbocycles. The highest BCUT2D eigenvalue weighted by Gasteiger charge is 2.23. The fraction of sp³-hybridized carbons (Fsp3) is 0.783. The van der Waals surface area contributed by atoms with Crippen LogP contribution >= 0.6 is 0 Å². The molecule has 1 fully saturated rings. The first-order valence-electron chi connectivity index (χ1n) is 11.8. The second-order valence-electron chi connectivity index (χ2n) is 8.99. The molecule has 0 aromatic carbocycles. The lowest BCUT2D eigenvalue weighted by Gasteiger charge is -2.33. The van der Waals surface area contributed by atoms with E-state index in [0.29, 0.717) is 17.2 Å². The molecule has 1 aliphatic heterocycles. The third-order valence-corrected chi connectivity index (χ3v) is 6.70. The highest BCUT2D eigenvalue weighted by atomic mass is 16.2. The predicted octanol–water partition coefficient (Wildman–Crippen LogP) is 3.56. The average Bonchev–Trinajstić information content (AvgIpc) is 3.10. The van der Waals surface area contributed by atoms with Crippen LogP contribution in [0.4, 0.5) is 0 Å². The van der Waals surface area contributed by atoms with Crippen LogP contribution in [0.3, 0.4) is 0 Å². The normalized spacial score (nSPS) is 17.8. The molecular formula is C23H39N5O2. The van der Waals surface area contributed by atoms with Gasteiger partial charge in [-0.25, -0.2) is 9.78 Å². The maximum atomic E-state index is 13.0. The monoisotopic (exact) mass is 417 g/mol. The number of hydrogen-bond donors (Lipinski definition) is 0. The second kappa shape index (κ2) is 10.4. The quantitative estimate of drug-likeness (QED) is 0.555. The van der Waals surface area contributed by atoms with E-state index in [1.54, 1.807) is 14.1 Å². The standard InChI is InChI=1S/C23H39N5O2/c1-5-6-7-8-9-10-12-16-28-19(17-27-15-13-11-14-18(27)2)24-21-20(28)22(29)26(4)23(30)25(21)3/h18H,5-17H2,1-4H3. The van der Waals surface area contributed by atoms with E-state index in [2.05, 4.69) is 23.3 Å². The van der Waals surface area contributed by atoms with Gasteiger partial charge in [0.15, 0.2) is 11.2 Å². The Balaban J connectivity index is 1.86. The van der Waals surface area contributed by atoms with Gasteiger partial charge >= 0.3 is 5.69 Å². The lowest BCUT2D eigenvalue weighted by atomic mass is 10.0. The zero-order valence-electron chi connectivity index (χ0n) is 19.3. The van der Waals surface area contributed by atoms with E-state index in [0.717, 1.165) is 38.3 Å². The minimum atomic E-state index is -0.314. The fourth-order valence-electron chi connectivity index (χ4n) is 4.65. The molecule has 0 bridgehead atoms. The van der Waals surface area contributed by atoms with Crippen LogP contribution in [0.1, 0.15) is 83.9 Å². The SMILES string of the molecule is CCCCCCCCCn1c(CN2CCCCC2C)nc2c1c(=O)n(C)c(=O)n2C. The lowest BCUT2D eigenvalue weighted by Crippen LogP contribution is -2.38. The minimum Gasteiger partial charge on any atom is -0.321 e. The van der Waals surface area contributed by atoms with Gasteiger partial charge in [0.25, 0.3) is 5.56 Å². The highest BCUT2D eigenvalue weighted by molar-refractivity contribution is 5.71. The van der Waals surface area contributed by atoms with Crippen LogP contribution in [0.15, 0.2) is 9.59 Å². The highest BCUT2D eigenvalue weighted by Crippen LogP contribution is 2.21. The molecule has 3 heterocycles. The van der Waals surface area contributed by atoms with E-state index in [1.807, 2.05) is 0 Å². The second-order valence-corrected chi connectivity index (χ2v) is 8.99. The summed E-state index contributed by atoms with van der Waals surface area (Å²) in [6.07, 6.45) is 12.3. The number of hydrogen-bond acceptors (Lipinski definition) is 4. The van der Waals surface area contributed by atoms with Crippen LogP contribution in [-0.4, -0.2) is 36.2 Å². The Morgan fingerprint density at radius 2 is 1.67 bits per heavy atom. The summed E-state index contributed by atoms with van der Waals surface area (Å²) in [6, 6.07) is 0.525. The Bertz CT molecular complexity index is 955. The third kappa shape index (κ3) is 4.88. The Morgan fingerprint density at radius 1 is 0.967 bits per heavy atom. The number of piperidine rings is 1. The largest absolute Gasteiger partial charge is 0.332 e. The molecule has 0 radical (unpaired) electrons. The van der Waals surface area contributed by atoms with E-state index in [4.69, 9.17) is 4.98 Å². The van der Waals surface area contributed by atoms with Crippen LogP contribution in [0.5, 0.6) is 0 Å². The molecular weight excluding hydrogens is 378 g/mol. The molecule has 3 rings (SSSR count). The summed E-state index contributed by atoms with van der Waals surface area (Å²) in [5.41, 5.74) is 0.545. The van der Waals surface area contributed by atoms with Crippen LogP contribution in [0.25, 0.3) is 11.2 Å². The maximum absolute atomic E-state index is 13.0. The first-order chi connectivity index (χ1) is 14.5. The zero-order valence-corrected chi connectivity index (χ0v) is 19.3. The fourth-order valence-corrected chi connectivity index (χ4v) is 4.65. The topological polar surface area (TPSA) is 65.1 Å². The molecule has 0 spiro atoms. The number of unbranched alkanes of at least 4 members (excludes halogenated alkanes) is 6. The van der Waals surface area contributed by atoms with Crippen molar-refractivity contribution in [3.05, 3.63) is 26.7 Å². The van der Waals surface area contributed by atoms with Crippen molar-refractivity contribution in [2.24, 2.45) is 14.1 Å². The van der Waals surface area contributed by atoms with Crippen molar-refractivity contribution in [3.63, 3.8) is 0 Å². The summed E-state index contributed by atoms with van der Waals surface area (Å²) in [4.78, 5) is 32.7. The van der Waals surface area contributed by atoms with Gasteiger partial charge in [-0.15, -0.1) is 0 Å². The van der Waals surface area contributed by atoms with Gasteiger partial charge in [-0.05, 0) is 32.7 Å². The van der Waals surface area contributed by atoms with Gasteiger partial charge in [-0.2, -0.15) is 0 Å². The number of rotatable bonds is 10. The van der Waals surface area contributed by atoms with Crippen LogP contribution < -0.4 is 11.2 Å². The van der Waals surface area contributed by atoms with Crippen LogP contribution in [0, 0.1) is 0 Å². The molecule has 7 nitrogen and oxygen atoms in total. The predicted molar refractivity (Wildman–Crippen MR) is 122 cm³/mol. The van der Waals surface area contributed by atoms with Gasteiger partial charge in [0.05, 0.1) is 6.54 Å². The van der Waals surface area contributed by atoms with Crippen LogP contribution in [0.2, 0.25) is 0 Å². The minimum absolute atomic E-state index is 0.235. The Hall–Kier alpha value is -1.89. The summed E-state index contributed by atoms with van der Waals surface area (Å²) in [7, 11) is 3.27. The van der Waals surface area contributed by atoms with E-state index >= 15 is 0 Å². The molecule has 2 aromatic rings. The average molecular weight is 418 g/mol. The number of aryl methyl sites for hydroxylation is 2. The number of imidazole rings is 1. The number of fused-ring (bicyclic) bond motifs is 1. The van der Waals surface area contributed by atoms with E-state index in [9.17, 15) is 9.59 Å². The summed E-state index contributed by atoms with van der Waals surface area (Å²) in [6.45, 7) is 7.11. The molecule has 1 aliphatic rings. The third-order valence-electron chi connectivity index (χ3n) is 6.70. The molecule has 0 saturated carbocycles. The molecule has 1 atom stereocenters. The summed E-state index contributed by atoms with van der Waals surface area (Å²) in [5.74, 6) is 0.919. The van der Waals surface area contributed by atoms with Crippen molar-refractivity contribution < 1.29 is 0 Å². The van der Waals surface area contributed by atoms with Gasteiger partial charge in [0, 0.05) is 26.7 Å². The maximum Gasteiger partial charge on any atom is 0.332 e. The number of likely N-dealkylation sites (tertiary alicyclic amines) is 1. The van der Waals surface area contributed by atoms with Crippen molar-refractivity contribution in [2.45, 2.75) is 97.2 Å². The summed E-state index contributed by atoms with van der Waals surface area (Å²) >= 11 is 0. The van der Waals surface area contributed by atoms with E-state index in [1.165, 1.54) is 60.5 Å². The van der Waals surface area contributed by atoms with Crippen molar-refractivity contribution in [2.75, 3.05) is 6.54 Å². The van der Waals surface area contributed by atoms with Crippen molar-refractivity contribution in [1.29, 1.82) is 0 Å². The van der Waals surface area contributed by atoms with E-state index < -0.39 is 0 Å². The molecule has 0 amide bonds. The molecule has 1 unspecified atom stereocenters. The van der Waals surface area contributed by atoms with Gasteiger partial charge in [-0.3, -0.25) is 18.8 Å². The first kappa shape index (κ1) is 22.8. The van der Waals surface area contributed by atoms with Gasteiger partial charge in [0.2, 0.25) is 0 Å². The molecule has 30 heavy (non-hydrogen) atoms. The Labute approximate surface area is 179 Å². The lowest BCUT2D eigenvalue weighted by molar-refractivity contribution is 0.147. The number of nitrogens with zero attached hydrogens (tertiary/aromatic N) is 5.